The monoisotopic (exact) mass is 373 g/mol. The molecule has 0 bridgehead atoms. The van der Waals surface area contributed by atoms with Gasteiger partial charge in [-0.25, -0.2) is 0 Å². The minimum Gasteiger partial charge on any atom is -0.480 e. The van der Waals surface area contributed by atoms with E-state index in [1.807, 2.05) is 32.9 Å². The van der Waals surface area contributed by atoms with E-state index in [1.54, 1.807) is 4.90 Å². The molecule has 2 aromatic rings. The summed E-state index contributed by atoms with van der Waals surface area (Å²) in [6, 6.07) is 3.81. The number of carboxylic acids is 1. The predicted molar refractivity (Wildman–Crippen MR) is 83.1 cm³/mol. The molecule has 21 heavy (non-hydrogen) atoms. The van der Waals surface area contributed by atoms with Crippen LogP contribution in [0.3, 0.4) is 0 Å². The SMILES string of the molecule is CC(C)(C)N(CC(=O)O)Cc1nnc(-c2ccc(Br)s2)o1. The molecule has 2 rings (SSSR count). The number of halogens is 1. The van der Waals surface area contributed by atoms with E-state index in [1.165, 1.54) is 11.3 Å². The number of hydrogen-bond acceptors (Lipinski definition) is 6. The van der Waals surface area contributed by atoms with Crippen molar-refractivity contribution in [1.29, 1.82) is 0 Å². The molecule has 0 aliphatic heterocycles. The van der Waals surface area contributed by atoms with Gasteiger partial charge in [-0.3, -0.25) is 9.69 Å². The number of thiophene rings is 1. The number of nitrogens with zero attached hydrogens (tertiary/aromatic N) is 3. The second-order valence-electron chi connectivity index (χ2n) is 5.53. The van der Waals surface area contributed by atoms with Gasteiger partial charge in [0.05, 0.1) is 21.8 Å². The highest BCUT2D eigenvalue weighted by atomic mass is 79.9. The Hall–Kier alpha value is -1.25. The van der Waals surface area contributed by atoms with Crippen LogP contribution in [0.4, 0.5) is 0 Å². The van der Waals surface area contributed by atoms with Crippen molar-refractivity contribution in [2.75, 3.05) is 6.54 Å². The zero-order valence-electron chi connectivity index (χ0n) is 12.0. The first kappa shape index (κ1) is 16.1. The normalized spacial score (nSPS) is 12.0. The maximum Gasteiger partial charge on any atom is 0.317 e. The Morgan fingerprint density at radius 2 is 2.14 bits per heavy atom. The molecule has 0 unspecified atom stereocenters. The van der Waals surface area contributed by atoms with Gasteiger partial charge in [0.25, 0.3) is 5.89 Å². The summed E-state index contributed by atoms with van der Waals surface area (Å²) in [5.74, 6) is -0.0255. The number of carboxylic acid groups (broad SMARTS) is 1. The summed E-state index contributed by atoms with van der Waals surface area (Å²) < 4.78 is 6.61. The number of aromatic nitrogens is 2. The van der Waals surface area contributed by atoms with Crippen molar-refractivity contribution in [2.24, 2.45) is 0 Å². The first-order valence-corrected chi connectivity index (χ1v) is 7.91. The minimum atomic E-state index is -0.883. The third-order valence-corrected chi connectivity index (χ3v) is 4.46. The fourth-order valence-corrected chi connectivity index (χ4v) is 3.01. The molecule has 2 aromatic heterocycles. The lowest BCUT2D eigenvalue weighted by molar-refractivity contribution is -0.140. The van der Waals surface area contributed by atoms with Gasteiger partial charge in [-0.1, -0.05) is 0 Å². The molecule has 0 aromatic carbocycles. The third-order valence-electron chi connectivity index (χ3n) is 2.85. The van der Waals surface area contributed by atoms with Crippen molar-refractivity contribution in [3.63, 3.8) is 0 Å². The van der Waals surface area contributed by atoms with Gasteiger partial charge in [-0.05, 0) is 48.8 Å². The lowest BCUT2D eigenvalue weighted by Crippen LogP contribution is -2.43. The summed E-state index contributed by atoms with van der Waals surface area (Å²) in [6.45, 7) is 6.07. The first-order chi connectivity index (χ1) is 9.75. The summed E-state index contributed by atoms with van der Waals surface area (Å²) in [5.41, 5.74) is -0.307. The zero-order valence-corrected chi connectivity index (χ0v) is 14.4. The Balaban J connectivity index is 2.15. The highest BCUT2D eigenvalue weighted by Gasteiger charge is 2.25. The molecule has 0 spiro atoms. The van der Waals surface area contributed by atoms with E-state index in [4.69, 9.17) is 9.52 Å². The molecule has 0 aliphatic carbocycles. The Bertz CT molecular complexity index is 633. The predicted octanol–water partition coefficient (Wildman–Crippen LogP) is 3.25. The summed E-state index contributed by atoms with van der Waals surface area (Å²) in [5, 5.41) is 17.0. The van der Waals surface area contributed by atoms with Crippen molar-refractivity contribution >= 4 is 33.2 Å². The quantitative estimate of drug-likeness (QED) is 0.866. The van der Waals surface area contributed by atoms with E-state index in [-0.39, 0.29) is 12.1 Å². The highest BCUT2D eigenvalue weighted by molar-refractivity contribution is 9.11. The van der Waals surface area contributed by atoms with E-state index in [9.17, 15) is 4.79 Å². The molecule has 0 saturated heterocycles. The van der Waals surface area contributed by atoms with Gasteiger partial charge >= 0.3 is 5.97 Å². The van der Waals surface area contributed by atoms with Crippen LogP contribution in [0.15, 0.2) is 20.3 Å². The number of aliphatic carboxylic acids is 1. The highest BCUT2D eigenvalue weighted by Crippen LogP contribution is 2.30. The van der Waals surface area contributed by atoms with Crippen molar-refractivity contribution in [3.05, 3.63) is 21.8 Å². The molecule has 0 amide bonds. The summed E-state index contributed by atoms with van der Waals surface area (Å²) in [4.78, 5) is 13.6. The Labute approximate surface area is 134 Å². The molecule has 8 heteroatoms. The topological polar surface area (TPSA) is 79.5 Å². The van der Waals surface area contributed by atoms with Crippen LogP contribution in [0.5, 0.6) is 0 Å². The van der Waals surface area contributed by atoms with E-state index in [0.717, 1.165) is 8.66 Å². The summed E-state index contributed by atoms with van der Waals surface area (Å²) in [7, 11) is 0. The van der Waals surface area contributed by atoms with Gasteiger partial charge in [-0.15, -0.1) is 21.5 Å². The molecule has 0 fully saturated rings. The number of hydrogen-bond donors (Lipinski definition) is 1. The Morgan fingerprint density at radius 3 is 2.67 bits per heavy atom. The molecule has 0 radical (unpaired) electrons. The fourth-order valence-electron chi connectivity index (χ4n) is 1.70. The molecule has 2 heterocycles. The maximum atomic E-state index is 11.0. The van der Waals surface area contributed by atoms with E-state index in [2.05, 4.69) is 26.1 Å². The summed E-state index contributed by atoms with van der Waals surface area (Å²) >= 11 is 4.89. The van der Waals surface area contributed by atoms with Crippen LogP contribution in [0.1, 0.15) is 26.7 Å². The van der Waals surface area contributed by atoms with Crippen LogP contribution in [0.2, 0.25) is 0 Å². The maximum absolute atomic E-state index is 11.0. The van der Waals surface area contributed by atoms with Crippen LogP contribution in [-0.4, -0.2) is 38.3 Å². The smallest absolute Gasteiger partial charge is 0.317 e. The Morgan fingerprint density at radius 1 is 1.43 bits per heavy atom. The molecule has 114 valence electrons. The lowest BCUT2D eigenvalue weighted by Gasteiger charge is -2.32. The number of rotatable bonds is 5. The van der Waals surface area contributed by atoms with Gasteiger partial charge in [0.2, 0.25) is 5.89 Å². The largest absolute Gasteiger partial charge is 0.480 e. The van der Waals surface area contributed by atoms with Gasteiger partial charge in [0, 0.05) is 5.54 Å². The van der Waals surface area contributed by atoms with Crippen LogP contribution in [0, 0.1) is 0 Å². The third kappa shape index (κ3) is 4.36. The van der Waals surface area contributed by atoms with Crippen molar-refractivity contribution < 1.29 is 14.3 Å². The van der Waals surface area contributed by atoms with Gasteiger partial charge in [0.1, 0.15) is 0 Å². The second-order valence-corrected chi connectivity index (χ2v) is 7.99. The fraction of sp³-hybridized carbons (Fsp3) is 0.462. The van der Waals surface area contributed by atoms with Gasteiger partial charge in [0.15, 0.2) is 0 Å². The van der Waals surface area contributed by atoms with Crippen molar-refractivity contribution in [2.45, 2.75) is 32.9 Å². The minimum absolute atomic E-state index is 0.0776. The first-order valence-electron chi connectivity index (χ1n) is 6.30. The molecular formula is C13H16BrN3O3S. The van der Waals surface area contributed by atoms with Crippen molar-refractivity contribution in [1.82, 2.24) is 15.1 Å². The molecule has 6 nitrogen and oxygen atoms in total. The van der Waals surface area contributed by atoms with E-state index < -0.39 is 5.97 Å². The Kier molecular flexibility index (Phi) is 4.80. The average molecular weight is 374 g/mol. The molecule has 0 saturated carbocycles. The lowest BCUT2D eigenvalue weighted by atomic mass is 10.1. The zero-order chi connectivity index (χ0) is 15.6. The standard InChI is InChI=1S/C13H16BrN3O3S/c1-13(2,3)17(7-11(18)19)6-10-15-16-12(20-10)8-4-5-9(14)21-8/h4-5H,6-7H2,1-3H3,(H,18,19). The molecular weight excluding hydrogens is 358 g/mol. The second kappa shape index (κ2) is 6.25. The van der Waals surface area contributed by atoms with Crippen LogP contribution in [-0.2, 0) is 11.3 Å². The molecule has 0 atom stereocenters. The van der Waals surface area contributed by atoms with Crippen LogP contribution < -0.4 is 0 Å². The van der Waals surface area contributed by atoms with Crippen molar-refractivity contribution in [3.8, 4) is 10.8 Å². The van der Waals surface area contributed by atoms with Crippen LogP contribution in [0.25, 0.3) is 10.8 Å². The van der Waals surface area contributed by atoms with Gasteiger partial charge < -0.3 is 9.52 Å². The van der Waals surface area contributed by atoms with E-state index in [0.29, 0.717) is 18.3 Å². The van der Waals surface area contributed by atoms with Gasteiger partial charge in [-0.2, -0.15) is 0 Å². The molecule has 0 aliphatic rings. The summed E-state index contributed by atoms with van der Waals surface area (Å²) in [6.07, 6.45) is 0. The van der Waals surface area contributed by atoms with E-state index >= 15 is 0 Å². The average Bonchev–Trinajstić information content (AvgIpc) is 2.95. The van der Waals surface area contributed by atoms with Crippen LogP contribution >= 0.6 is 27.3 Å². The molecule has 1 N–H and O–H groups in total. The number of carbonyl (C=O) groups is 1.